The topological polar surface area (TPSA) is 63.7 Å². The average molecular weight is 420 g/mol. The molecule has 1 amide bonds. The second-order valence-corrected chi connectivity index (χ2v) is 8.15. The number of nitrogens with zero attached hydrogens (tertiary/aromatic N) is 2. The Balaban J connectivity index is 1.23. The van der Waals surface area contributed by atoms with Crippen molar-refractivity contribution in [2.75, 3.05) is 43.1 Å². The van der Waals surface area contributed by atoms with Crippen LogP contribution in [0.3, 0.4) is 0 Å². The van der Waals surface area contributed by atoms with Gasteiger partial charge in [-0.05, 0) is 41.1 Å². The summed E-state index contributed by atoms with van der Waals surface area (Å²) < 4.78 is 12.1. The first kappa shape index (κ1) is 18.8. The molecule has 0 bridgehead atoms. The van der Waals surface area contributed by atoms with Crippen LogP contribution in [0.5, 0.6) is 5.75 Å². The number of ether oxygens (including phenoxy) is 2. The zero-order valence-corrected chi connectivity index (χ0v) is 17.2. The molecule has 0 radical (unpaired) electrons. The lowest BCUT2D eigenvalue weighted by Crippen LogP contribution is -2.36. The predicted molar refractivity (Wildman–Crippen MR) is 121 cm³/mol. The van der Waals surface area contributed by atoms with Gasteiger partial charge in [0, 0.05) is 18.8 Å². The molecule has 0 spiro atoms. The molecule has 0 atom stereocenters. The number of nitrogens with one attached hydrogen (secondary N) is 1. The minimum Gasteiger partial charge on any atom is -0.484 e. The maximum absolute atomic E-state index is 12.3. The van der Waals surface area contributed by atoms with Crippen molar-refractivity contribution in [1.82, 2.24) is 4.98 Å². The molecule has 3 aromatic carbocycles. The lowest BCUT2D eigenvalue weighted by Gasteiger charge is -2.28. The van der Waals surface area contributed by atoms with E-state index in [1.807, 2.05) is 48.5 Å². The van der Waals surface area contributed by atoms with Gasteiger partial charge < -0.3 is 14.4 Å². The SMILES string of the molecule is O=C(COc1ccc2ccccc2c1)Nc1nc2ccc(N3CCOCC3)cc2s1. The predicted octanol–water partition coefficient (Wildman–Crippen LogP) is 4.30. The third kappa shape index (κ3) is 4.08. The third-order valence-electron chi connectivity index (χ3n) is 5.09. The van der Waals surface area contributed by atoms with E-state index in [0.29, 0.717) is 10.9 Å². The highest BCUT2D eigenvalue weighted by Gasteiger charge is 2.14. The normalized spacial score (nSPS) is 14.2. The molecular formula is C23H21N3O3S. The maximum atomic E-state index is 12.3. The van der Waals surface area contributed by atoms with Gasteiger partial charge in [-0.15, -0.1) is 0 Å². The monoisotopic (exact) mass is 419 g/mol. The van der Waals surface area contributed by atoms with E-state index in [1.54, 1.807) is 0 Å². The van der Waals surface area contributed by atoms with Gasteiger partial charge in [0.2, 0.25) is 0 Å². The zero-order chi connectivity index (χ0) is 20.3. The van der Waals surface area contributed by atoms with E-state index in [1.165, 1.54) is 11.3 Å². The van der Waals surface area contributed by atoms with Crippen molar-refractivity contribution in [3.8, 4) is 5.75 Å². The van der Waals surface area contributed by atoms with Crippen LogP contribution in [0, 0.1) is 0 Å². The molecule has 5 rings (SSSR count). The van der Waals surface area contributed by atoms with Crippen LogP contribution in [-0.2, 0) is 9.53 Å². The molecule has 2 heterocycles. The summed E-state index contributed by atoms with van der Waals surface area (Å²) in [4.78, 5) is 19.2. The first-order valence-electron chi connectivity index (χ1n) is 9.89. The standard InChI is InChI=1S/C23H21N3O3S/c27-22(15-29-19-7-5-16-3-1-2-4-17(16)13-19)25-23-24-20-8-6-18(14-21(20)30-23)26-9-11-28-12-10-26/h1-8,13-14H,9-12,15H2,(H,24,25,27). The summed E-state index contributed by atoms with van der Waals surface area (Å²) in [6.07, 6.45) is 0. The number of fused-ring (bicyclic) bond motifs is 2. The number of carbonyl (C=O) groups is 1. The number of carbonyl (C=O) groups excluding carboxylic acids is 1. The molecule has 0 aliphatic carbocycles. The van der Waals surface area contributed by atoms with E-state index in [4.69, 9.17) is 9.47 Å². The number of hydrogen-bond donors (Lipinski definition) is 1. The number of benzene rings is 3. The summed E-state index contributed by atoms with van der Waals surface area (Å²) in [6, 6.07) is 20.0. The summed E-state index contributed by atoms with van der Waals surface area (Å²) >= 11 is 1.47. The molecule has 152 valence electrons. The number of rotatable bonds is 5. The van der Waals surface area contributed by atoms with Crippen LogP contribution < -0.4 is 15.0 Å². The lowest BCUT2D eigenvalue weighted by atomic mass is 10.1. The van der Waals surface area contributed by atoms with Crippen molar-refractivity contribution >= 4 is 49.1 Å². The van der Waals surface area contributed by atoms with Crippen molar-refractivity contribution in [2.24, 2.45) is 0 Å². The molecule has 1 N–H and O–H groups in total. The minimum absolute atomic E-state index is 0.0622. The van der Waals surface area contributed by atoms with Gasteiger partial charge in [-0.3, -0.25) is 10.1 Å². The summed E-state index contributed by atoms with van der Waals surface area (Å²) in [7, 11) is 0. The number of anilines is 2. The maximum Gasteiger partial charge on any atom is 0.264 e. The van der Waals surface area contributed by atoms with Crippen molar-refractivity contribution in [1.29, 1.82) is 0 Å². The molecule has 6 nitrogen and oxygen atoms in total. The first-order chi connectivity index (χ1) is 14.7. The summed E-state index contributed by atoms with van der Waals surface area (Å²) in [5.41, 5.74) is 2.04. The molecule has 7 heteroatoms. The van der Waals surface area contributed by atoms with Gasteiger partial charge in [-0.2, -0.15) is 0 Å². The molecule has 1 aliphatic heterocycles. The highest BCUT2D eigenvalue weighted by atomic mass is 32.1. The number of amides is 1. The third-order valence-corrected chi connectivity index (χ3v) is 6.02. The molecule has 1 aromatic heterocycles. The van der Waals surface area contributed by atoms with Gasteiger partial charge in [-0.1, -0.05) is 41.7 Å². The zero-order valence-electron chi connectivity index (χ0n) is 16.3. The van der Waals surface area contributed by atoms with Crippen LogP contribution in [0.1, 0.15) is 0 Å². The molecule has 30 heavy (non-hydrogen) atoms. The van der Waals surface area contributed by atoms with E-state index in [0.717, 1.165) is 53.0 Å². The quantitative estimate of drug-likeness (QED) is 0.522. The summed E-state index contributed by atoms with van der Waals surface area (Å²) in [5.74, 6) is 0.443. The Bertz CT molecular complexity index is 1200. The van der Waals surface area contributed by atoms with E-state index in [-0.39, 0.29) is 12.5 Å². The highest BCUT2D eigenvalue weighted by Crippen LogP contribution is 2.30. The minimum atomic E-state index is -0.226. The number of aromatic nitrogens is 1. The second-order valence-electron chi connectivity index (χ2n) is 7.12. The summed E-state index contributed by atoms with van der Waals surface area (Å²) in [5, 5.41) is 5.65. The number of thiazole rings is 1. The molecule has 1 fully saturated rings. The van der Waals surface area contributed by atoms with Gasteiger partial charge in [0.1, 0.15) is 5.75 Å². The Morgan fingerprint density at radius 3 is 2.77 bits per heavy atom. The molecule has 0 unspecified atom stereocenters. The van der Waals surface area contributed by atoms with Crippen molar-refractivity contribution in [3.05, 3.63) is 60.7 Å². The van der Waals surface area contributed by atoms with Crippen molar-refractivity contribution < 1.29 is 14.3 Å². The Morgan fingerprint density at radius 1 is 1.07 bits per heavy atom. The number of hydrogen-bond acceptors (Lipinski definition) is 6. The van der Waals surface area contributed by atoms with Crippen molar-refractivity contribution in [2.45, 2.75) is 0 Å². The van der Waals surface area contributed by atoms with Gasteiger partial charge in [-0.25, -0.2) is 4.98 Å². The lowest BCUT2D eigenvalue weighted by molar-refractivity contribution is -0.118. The fourth-order valence-electron chi connectivity index (χ4n) is 3.55. The Kier molecular flexibility index (Phi) is 5.21. The Labute approximate surface area is 178 Å². The van der Waals surface area contributed by atoms with Gasteiger partial charge in [0.25, 0.3) is 5.91 Å². The van der Waals surface area contributed by atoms with Crippen molar-refractivity contribution in [3.63, 3.8) is 0 Å². The van der Waals surface area contributed by atoms with E-state index in [2.05, 4.69) is 27.3 Å². The van der Waals surface area contributed by atoms with Crippen LogP contribution >= 0.6 is 11.3 Å². The summed E-state index contributed by atoms with van der Waals surface area (Å²) in [6.45, 7) is 3.21. The van der Waals surface area contributed by atoms with Crippen LogP contribution in [0.4, 0.5) is 10.8 Å². The largest absolute Gasteiger partial charge is 0.484 e. The Hall–Kier alpha value is -3.16. The first-order valence-corrected chi connectivity index (χ1v) is 10.7. The van der Waals surface area contributed by atoms with Crippen LogP contribution in [-0.4, -0.2) is 43.8 Å². The van der Waals surface area contributed by atoms with E-state index >= 15 is 0 Å². The average Bonchev–Trinajstić information content (AvgIpc) is 3.19. The molecule has 1 saturated heterocycles. The smallest absolute Gasteiger partial charge is 0.264 e. The number of morpholine rings is 1. The van der Waals surface area contributed by atoms with E-state index in [9.17, 15) is 4.79 Å². The van der Waals surface area contributed by atoms with Gasteiger partial charge >= 0.3 is 0 Å². The fourth-order valence-corrected chi connectivity index (χ4v) is 4.46. The van der Waals surface area contributed by atoms with Gasteiger partial charge in [0.05, 0.1) is 23.4 Å². The molecular weight excluding hydrogens is 398 g/mol. The highest BCUT2D eigenvalue weighted by molar-refractivity contribution is 7.22. The van der Waals surface area contributed by atoms with Crippen LogP contribution in [0.2, 0.25) is 0 Å². The van der Waals surface area contributed by atoms with E-state index < -0.39 is 0 Å². The van der Waals surface area contributed by atoms with Gasteiger partial charge in [0.15, 0.2) is 11.7 Å². The second kappa shape index (κ2) is 8.30. The fraction of sp³-hybridized carbons (Fsp3) is 0.217. The molecule has 1 aliphatic rings. The molecule has 4 aromatic rings. The molecule has 0 saturated carbocycles. The Morgan fingerprint density at radius 2 is 1.90 bits per heavy atom. The van der Waals surface area contributed by atoms with Crippen LogP contribution in [0.15, 0.2) is 60.7 Å². The van der Waals surface area contributed by atoms with Crippen LogP contribution in [0.25, 0.3) is 21.0 Å².